The lowest BCUT2D eigenvalue weighted by molar-refractivity contribution is 0.743. The molecule has 0 radical (unpaired) electrons. The number of hydrogen-bond donors (Lipinski definition) is 1. The molecule has 0 spiro atoms. The van der Waals surface area contributed by atoms with Gasteiger partial charge in [-0.25, -0.2) is 4.98 Å². The summed E-state index contributed by atoms with van der Waals surface area (Å²) in [5.74, 6) is 0.844. The Labute approximate surface area is 106 Å². The average Bonchev–Trinajstić information content (AvgIpc) is 2.80. The molecule has 0 aliphatic rings. The van der Waals surface area contributed by atoms with Crippen molar-refractivity contribution in [1.82, 2.24) is 4.98 Å². The molecule has 0 saturated carbocycles. The summed E-state index contributed by atoms with van der Waals surface area (Å²) >= 11 is 1.75. The zero-order valence-electron chi connectivity index (χ0n) is 10.3. The van der Waals surface area contributed by atoms with Crippen molar-refractivity contribution in [2.45, 2.75) is 19.9 Å². The van der Waals surface area contributed by atoms with E-state index in [0.717, 1.165) is 17.1 Å². The van der Waals surface area contributed by atoms with Crippen LogP contribution in [0.1, 0.15) is 23.4 Å². The highest BCUT2D eigenvalue weighted by Crippen LogP contribution is 2.30. The van der Waals surface area contributed by atoms with Crippen molar-refractivity contribution in [1.29, 1.82) is 0 Å². The fourth-order valence-corrected chi connectivity index (χ4v) is 2.61. The number of pyridine rings is 1. The van der Waals surface area contributed by atoms with Gasteiger partial charge in [-0.15, -0.1) is 11.3 Å². The number of anilines is 2. The molecule has 90 valence electrons. The van der Waals surface area contributed by atoms with Crippen molar-refractivity contribution in [2.75, 3.05) is 17.7 Å². The fourth-order valence-electron chi connectivity index (χ4n) is 1.78. The van der Waals surface area contributed by atoms with Gasteiger partial charge in [0, 0.05) is 18.1 Å². The Morgan fingerprint density at radius 2 is 2.24 bits per heavy atom. The molecule has 2 rings (SSSR count). The van der Waals surface area contributed by atoms with Gasteiger partial charge in [-0.2, -0.15) is 0 Å². The van der Waals surface area contributed by atoms with Gasteiger partial charge in [-0.05, 0) is 36.9 Å². The Kier molecular flexibility index (Phi) is 3.33. The van der Waals surface area contributed by atoms with Gasteiger partial charge in [-0.1, -0.05) is 6.07 Å². The monoisotopic (exact) mass is 247 g/mol. The van der Waals surface area contributed by atoms with E-state index in [2.05, 4.69) is 34.3 Å². The molecule has 2 heterocycles. The smallest absolute Gasteiger partial charge is 0.152 e. The Balaban J connectivity index is 2.28. The van der Waals surface area contributed by atoms with Crippen LogP contribution < -0.4 is 10.6 Å². The van der Waals surface area contributed by atoms with Crippen LogP contribution in [-0.4, -0.2) is 12.0 Å². The largest absolute Gasteiger partial charge is 0.396 e. The van der Waals surface area contributed by atoms with Crippen molar-refractivity contribution in [2.24, 2.45) is 0 Å². The van der Waals surface area contributed by atoms with Gasteiger partial charge in [0.15, 0.2) is 5.82 Å². The Hall–Kier alpha value is -1.55. The molecule has 2 aromatic heterocycles. The van der Waals surface area contributed by atoms with Crippen molar-refractivity contribution < 1.29 is 0 Å². The van der Waals surface area contributed by atoms with E-state index in [1.165, 1.54) is 4.88 Å². The van der Waals surface area contributed by atoms with E-state index in [-0.39, 0.29) is 6.04 Å². The number of thiophene rings is 1. The minimum atomic E-state index is 0.285. The molecule has 3 nitrogen and oxygen atoms in total. The molecule has 2 N–H and O–H groups in total. The van der Waals surface area contributed by atoms with Crippen LogP contribution in [0.25, 0.3) is 0 Å². The molecule has 0 bridgehead atoms. The predicted octanol–water partition coefficient (Wildman–Crippen LogP) is 3.23. The zero-order valence-corrected chi connectivity index (χ0v) is 11.2. The first kappa shape index (κ1) is 11.9. The topological polar surface area (TPSA) is 42.2 Å². The first-order valence-corrected chi connectivity index (χ1v) is 6.46. The molecule has 0 saturated heterocycles. The summed E-state index contributed by atoms with van der Waals surface area (Å²) in [6.07, 6.45) is 1.85. The Bertz CT molecular complexity index is 493. The van der Waals surface area contributed by atoms with Crippen LogP contribution in [0.15, 0.2) is 29.8 Å². The first-order valence-electron chi connectivity index (χ1n) is 5.58. The average molecular weight is 247 g/mol. The lowest BCUT2D eigenvalue weighted by Crippen LogP contribution is -2.23. The van der Waals surface area contributed by atoms with Crippen LogP contribution in [0.5, 0.6) is 0 Å². The third-order valence-electron chi connectivity index (χ3n) is 2.90. The number of nitrogen functional groups attached to an aromatic ring is 1. The van der Waals surface area contributed by atoms with Gasteiger partial charge < -0.3 is 10.6 Å². The van der Waals surface area contributed by atoms with E-state index in [0.29, 0.717) is 0 Å². The van der Waals surface area contributed by atoms with Gasteiger partial charge in [0.25, 0.3) is 0 Å². The third kappa shape index (κ3) is 2.42. The normalized spacial score (nSPS) is 12.4. The fraction of sp³-hybridized carbons (Fsp3) is 0.308. The number of aryl methyl sites for hydroxylation is 1. The van der Waals surface area contributed by atoms with E-state index < -0.39 is 0 Å². The second-order valence-electron chi connectivity index (χ2n) is 4.23. The summed E-state index contributed by atoms with van der Waals surface area (Å²) in [5, 5.41) is 2.09. The molecule has 0 aliphatic carbocycles. The molecule has 17 heavy (non-hydrogen) atoms. The van der Waals surface area contributed by atoms with E-state index in [1.807, 2.05) is 26.2 Å². The van der Waals surface area contributed by atoms with E-state index in [1.54, 1.807) is 11.3 Å². The minimum absolute atomic E-state index is 0.285. The van der Waals surface area contributed by atoms with Crippen molar-refractivity contribution >= 4 is 22.8 Å². The van der Waals surface area contributed by atoms with Gasteiger partial charge in [0.1, 0.15) is 0 Å². The molecule has 0 aromatic carbocycles. The number of hydrogen-bond acceptors (Lipinski definition) is 4. The lowest BCUT2D eigenvalue weighted by Gasteiger charge is -2.26. The summed E-state index contributed by atoms with van der Waals surface area (Å²) in [6.45, 7) is 4.16. The second kappa shape index (κ2) is 4.75. The van der Waals surface area contributed by atoms with Crippen molar-refractivity contribution in [3.05, 3.63) is 40.2 Å². The molecule has 4 heteroatoms. The lowest BCUT2D eigenvalue weighted by atomic mass is 10.2. The Morgan fingerprint density at radius 1 is 1.47 bits per heavy atom. The molecular weight excluding hydrogens is 230 g/mol. The summed E-state index contributed by atoms with van der Waals surface area (Å²) in [7, 11) is 2.03. The Morgan fingerprint density at radius 3 is 2.82 bits per heavy atom. The molecule has 0 amide bonds. The maximum absolute atomic E-state index is 6.01. The van der Waals surface area contributed by atoms with Gasteiger partial charge in [0.05, 0.1) is 11.7 Å². The highest BCUT2D eigenvalue weighted by Gasteiger charge is 2.16. The zero-order chi connectivity index (χ0) is 12.4. The van der Waals surface area contributed by atoms with E-state index in [9.17, 15) is 0 Å². The van der Waals surface area contributed by atoms with E-state index >= 15 is 0 Å². The molecular formula is C13H17N3S. The number of rotatable bonds is 3. The van der Waals surface area contributed by atoms with Gasteiger partial charge >= 0.3 is 0 Å². The number of nitrogens with two attached hydrogens (primary N) is 1. The standard InChI is InChI=1S/C13H17N3S/c1-9-7-11(14)13(15-8-9)16(3)10(2)12-5-4-6-17-12/h4-8,10H,14H2,1-3H3. The summed E-state index contributed by atoms with van der Waals surface area (Å²) in [6, 6.07) is 6.44. The SMILES string of the molecule is Cc1cnc(N(C)C(C)c2cccs2)c(N)c1. The molecule has 0 fully saturated rings. The van der Waals surface area contributed by atoms with Crippen molar-refractivity contribution in [3.8, 4) is 0 Å². The summed E-state index contributed by atoms with van der Waals surface area (Å²) in [5.41, 5.74) is 7.83. The third-order valence-corrected chi connectivity index (χ3v) is 3.94. The highest BCUT2D eigenvalue weighted by molar-refractivity contribution is 7.10. The predicted molar refractivity (Wildman–Crippen MR) is 74.5 cm³/mol. The maximum atomic E-state index is 6.01. The quantitative estimate of drug-likeness (QED) is 0.905. The first-order chi connectivity index (χ1) is 8.09. The van der Waals surface area contributed by atoms with Gasteiger partial charge in [0.2, 0.25) is 0 Å². The van der Waals surface area contributed by atoms with Crippen LogP contribution in [0.3, 0.4) is 0 Å². The minimum Gasteiger partial charge on any atom is -0.396 e. The molecule has 1 unspecified atom stereocenters. The van der Waals surface area contributed by atoms with E-state index in [4.69, 9.17) is 5.73 Å². The summed E-state index contributed by atoms with van der Waals surface area (Å²) in [4.78, 5) is 7.84. The number of aromatic nitrogens is 1. The highest BCUT2D eigenvalue weighted by atomic mass is 32.1. The van der Waals surface area contributed by atoms with Gasteiger partial charge in [-0.3, -0.25) is 0 Å². The van der Waals surface area contributed by atoms with Crippen LogP contribution in [0.4, 0.5) is 11.5 Å². The van der Waals surface area contributed by atoms with Crippen LogP contribution in [0, 0.1) is 6.92 Å². The van der Waals surface area contributed by atoms with Crippen molar-refractivity contribution in [3.63, 3.8) is 0 Å². The van der Waals surface area contributed by atoms with Crippen LogP contribution >= 0.6 is 11.3 Å². The van der Waals surface area contributed by atoms with Crippen LogP contribution in [-0.2, 0) is 0 Å². The molecule has 0 aliphatic heterocycles. The second-order valence-corrected chi connectivity index (χ2v) is 5.21. The summed E-state index contributed by atoms with van der Waals surface area (Å²) < 4.78 is 0. The van der Waals surface area contributed by atoms with Crippen LogP contribution in [0.2, 0.25) is 0 Å². The molecule has 2 aromatic rings. The maximum Gasteiger partial charge on any atom is 0.152 e. The molecule has 1 atom stereocenters. The number of nitrogens with zero attached hydrogens (tertiary/aromatic N) is 2.